The Morgan fingerprint density at radius 1 is 1.29 bits per heavy atom. The molecule has 0 bridgehead atoms. The van der Waals surface area contributed by atoms with E-state index >= 15 is 0 Å². The molecule has 1 aliphatic rings. The Labute approximate surface area is 142 Å². The molecule has 1 saturated heterocycles. The van der Waals surface area contributed by atoms with Crippen LogP contribution in [0, 0.1) is 0 Å². The van der Waals surface area contributed by atoms with E-state index in [0.717, 1.165) is 21.8 Å². The fraction of sp³-hybridized carbons (Fsp3) is 0.500. The maximum absolute atomic E-state index is 12.4. The number of hydrogen-bond acceptors (Lipinski definition) is 4. The summed E-state index contributed by atoms with van der Waals surface area (Å²) < 4.78 is 37.1. The van der Waals surface area contributed by atoms with Crippen molar-refractivity contribution >= 4 is 24.0 Å². The Hall–Kier alpha value is -1.54. The van der Waals surface area contributed by atoms with E-state index in [4.69, 9.17) is 0 Å². The van der Waals surface area contributed by atoms with Crippen molar-refractivity contribution in [3.63, 3.8) is 0 Å². The molecule has 0 saturated carbocycles. The Morgan fingerprint density at radius 3 is 2.58 bits per heavy atom. The fourth-order valence-corrected chi connectivity index (χ4v) is 3.50. The highest BCUT2D eigenvalue weighted by molar-refractivity contribution is 7.99. The maximum atomic E-state index is 12.4. The standard InChI is InChI=1S/C16H19F3N2O2S/c17-16(18,19)15(23)21-8-5-13(6-9-21)20-7-10-24-14-4-2-1-3-12(14)11-22/h1-4,11,13,20H,5-10H2. The van der Waals surface area contributed by atoms with Gasteiger partial charge < -0.3 is 10.2 Å². The van der Waals surface area contributed by atoms with Gasteiger partial charge in [0.25, 0.3) is 0 Å². The van der Waals surface area contributed by atoms with E-state index in [2.05, 4.69) is 5.32 Å². The molecule has 4 nitrogen and oxygen atoms in total. The first-order valence-corrected chi connectivity index (χ1v) is 8.67. The first-order chi connectivity index (χ1) is 11.4. The second-order valence-electron chi connectivity index (χ2n) is 5.52. The van der Waals surface area contributed by atoms with Gasteiger partial charge >= 0.3 is 12.1 Å². The van der Waals surface area contributed by atoms with Gasteiger partial charge in [0, 0.05) is 41.9 Å². The van der Waals surface area contributed by atoms with Gasteiger partial charge in [0.15, 0.2) is 6.29 Å². The highest BCUT2D eigenvalue weighted by Gasteiger charge is 2.43. The van der Waals surface area contributed by atoms with Crippen molar-refractivity contribution in [2.45, 2.75) is 30.0 Å². The number of benzene rings is 1. The Kier molecular flexibility index (Phi) is 6.68. The molecule has 1 fully saturated rings. The molecule has 0 unspecified atom stereocenters. The SMILES string of the molecule is O=Cc1ccccc1SCCNC1CCN(C(=O)C(F)(F)F)CC1. The number of halogens is 3. The molecule has 1 heterocycles. The molecule has 1 aliphatic heterocycles. The van der Waals surface area contributed by atoms with E-state index < -0.39 is 12.1 Å². The van der Waals surface area contributed by atoms with E-state index in [0.29, 0.717) is 24.9 Å². The molecular weight excluding hydrogens is 341 g/mol. The topological polar surface area (TPSA) is 49.4 Å². The number of thioether (sulfide) groups is 1. The van der Waals surface area contributed by atoms with Crippen LogP contribution in [-0.2, 0) is 4.79 Å². The van der Waals surface area contributed by atoms with E-state index in [-0.39, 0.29) is 19.1 Å². The summed E-state index contributed by atoms with van der Waals surface area (Å²) >= 11 is 1.56. The number of piperidine rings is 1. The highest BCUT2D eigenvalue weighted by Crippen LogP contribution is 2.22. The van der Waals surface area contributed by atoms with Gasteiger partial charge in [0.2, 0.25) is 0 Å². The number of rotatable bonds is 6. The largest absolute Gasteiger partial charge is 0.471 e. The van der Waals surface area contributed by atoms with Gasteiger partial charge in [-0.05, 0) is 18.9 Å². The predicted molar refractivity (Wildman–Crippen MR) is 86.2 cm³/mol. The van der Waals surface area contributed by atoms with Crippen molar-refractivity contribution < 1.29 is 22.8 Å². The Balaban J connectivity index is 1.68. The molecule has 0 aromatic heterocycles. The van der Waals surface area contributed by atoms with Crippen molar-refractivity contribution in [2.24, 2.45) is 0 Å². The van der Waals surface area contributed by atoms with Gasteiger partial charge in [-0.2, -0.15) is 13.2 Å². The van der Waals surface area contributed by atoms with Crippen LogP contribution < -0.4 is 5.32 Å². The van der Waals surface area contributed by atoms with Gasteiger partial charge in [0.1, 0.15) is 0 Å². The summed E-state index contributed by atoms with van der Waals surface area (Å²) in [6.45, 7) is 0.935. The zero-order valence-electron chi connectivity index (χ0n) is 13.0. The molecular formula is C16H19F3N2O2S. The molecule has 2 rings (SSSR count). The van der Waals surface area contributed by atoms with Crippen molar-refractivity contribution in [1.29, 1.82) is 0 Å². The molecule has 0 spiro atoms. The van der Waals surface area contributed by atoms with Gasteiger partial charge in [-0.25, -0.2) is 0 Å². The summed E-state index contributed by atoms with van der Waals surface area (Å²) in [6.07, 6.45) is -2.94. The van der Waals surface area contributed by atoms with Crippen LogP contribution in [0.25, 0.3) is 0 Å². The van der Waals surface area contributed by atoms with E-state index in [9.17, 15) is 22.8 Å². The lowest BCUT2D eigenvalue weighted by molar-refractivity contribution is -0.186. The van der Waals surface area contributed by atoms with E-state index in [1.165, 1.54) is 0 Å². The smallest absolute Gasteiger partial charge is 0.335 e. The average molecular weight is 360 g/mol. The molecule has 1 aromatic carbocycles. The van der Waals surface area contributed by atoms with E-state index in [1.807, 2.05) is 18.2 Å². The van der Waals surface area contributed by atoms with Crippen molar-refractivity contribution in [1.82, 2.24) is 10.2 Å². The van der Waals surface area contributed by atoms with Crippen LogP contribution in [0.2, 0.25) is 0 Å². The lowest BCUT2D eigenvalue weighted by Gasteiger charge is -2.32. The summed E-state index contributed by atoms with van der Waals surface area (Å²) in [5, 5.41) is 3.30. The van der Waals surface area contributed by atoms with Crippen LogP contribution in [0.1, 0.15) is 23.2 Å². The van der Waals surface area contributed by atoms with Crippen LogP contribution >= 0.6 is 11.8 Å². The third-order valence-electron chi connectivity index (χ3n) is 3.86. The molecule has 132 valence electrons. The number of amides is 1. The summed E-state index contributed by atoms with van der Waals surface area (Å²) in [5.41, 5.74) is 0.654. The maximum Gasteiger partial charge on any atom is 0.471 e. The number of nitrogens with one attached hydrogen (secondary N) is 1. The minimum atomic E-state index is -4.79. The van der Waals surface area contributed by atoms with Gasteiger partial charge in [-0.3, -0.25) is 9.59 Å². The number of carbonyl (C=O) groups excluding carboxylic acids is 2. The van der Waals surface area contributed by atoms with Crippen LogP contribution in [-0.4, -0.2) is 54.7 Å². The van der Waals surface area contributed by atoms with Crippen LogP contribution in [0.5, 0.6) is 0 Å². The van der Waals surface area contributed by atoms with Crippen LogP contribution in [0.4, 0.5) is 13.2 Å². The van der Waals surface area contributed by atoms with Gasteiger partial charge in [0.05, 0.1) is 0 Å². The highest BCUT2D eigenvalue weighted by atomic mass is 32.2. The van der Waals surface area contributed by atoms with Gasteiger partial charge in [-0.1, -0.05) is 18.2 Å². The summed E-state index contributed by atoms with van der Waals surface area (Å²) in [7, 11) is 0. The Bertz CT molecular complexity index is 573. The third-order valence-corrected chi connectivity index (χ3v) is 4.95. The molecule has 1 amide bonds. The molecule has 0 radical (unpaired) electrons. The van der Waals surface area contributed by atoms with E-state index in [1.54, 1.807) is 17.8 Å². The number of alkyl halides is 3. The second kappa shape index (κ2) is 8.53. The number of hydrogen-bond donors (Lipinski definition) is 1. The average Bonchev–Trinajstić information content (AvgIpc) is 2.58. The van der Waals surface area contributed by atoms with Crippen molar-refractivity contribution in [2.75, 3.05) is 25.4 Å². The molecule has 8 heteroatoms. The number of aldehydes is 1. The summed E-state index contributed by atoms with van der Waals surface area (Å²) in [4.78, 5) is 23.9. The van der Waals surface area contributed by atoms with Crippen LogP contribution in [0.15, 0.2) is 29.2 Å². The molecule has 0 aliphatic carbocycles. The number of nitrogens with zero attached hydrogens (tertiary/aromatic N) is 1. The quantitative estimate of drug-likeness (QED) is 0.481. The second-order valence-corrected chi connectivity index (χ2v) is 6.66. The van der Waals surface area contributed by atoms with Crippen molar-refractivity contribution in [3.8, 4) is 0 Å². The molecule has 24 heavy (non-hydrogen) atoms. The first-order valence-electron chi connectivity index (χ1n) is 7.68. The normalized spacial score (nSPS) is 16.2. The molecule has 0 atom stereocenters. The lowest BCUT2D eigenvalue weighted by atomic mass is 10.1. The number of likely N-dealkylation sites (tertiary alicyclic amines) is 1. The van der Waals surface area contributed by atoms with Gasteiger partial charge in [-0.15, -0.1) is 11.8 Å². The molecule has 1 N–H and O–H groups in total. The molecule has 1 aromatic rings. The first kappa shape index (κ1) is 18.8. The fourth-order valence-electron chi connectivity index (χ4n) is 2.60. The monoisotopic (exact) mass is 360 g/mol. The predicted octanol–water partition coefficient (Wildman–Crippen LogP) is 2.73. The Morgan fingerprint density at radius 2 is 1.96 bits per heavy atom. The third kappa shape index (κ3) is 5.24. The lowest BCUT2D eigenvalue weighted by Crippen LogP contribution is -2.49. The zero-order chi connectivity index (χ0) is 17.6. The zero-order valence-corrected chi connectivity index (χ0v) is 13.8. The van der Waals surface area contributed by atoms with Crippen molar-refractivity contribution in [3.05, 3.63) is 29.8 Å². The number of carbonyl (C=O) groups is 2. The summed E-state index contributed by atoms with van der Waals surface area (Å²) in [6, 6.07) is 7.44. The van der Waals surface area contributed by atoms with Crippen LogP contribution in [0.3, 0.4) is 0 Å². The minimum absolute atomic E-state index is 0.115. The minimum Gasteiger partial charge on any atom is -0.335 e. The summed E-state index contributed by atoms with van der Waals surface area (Å²) in [5.74, 6) is -0.992.